The number of carbonyl (C=O) groups excluding carboxylic acids is 2. The summed E-state index contributed by atoms with van der Waals surface area (Å²) in [5, 5.41) is 112. The Hall–Kier alpha value is -3.13. The summed E-state index contributed by atoms with van der Waals surface area (Å²) in [7, 11) is 0. The molecule has 14 N–H and O–H groups in total. The van der Waals surface area contributed by atoms with Gasteiger partial charge in [0.25, 0.3) is 0 Å². The summed E-state index contributed by atoms with van der Waals surface area (Å²) in [5.41, 5.74) is 6.07. The number of allylic oxidation sites excluding steroid dienone is 12. The van der Waals surface area contributed by atoms with Gasteiger partial charge in [-0.05, 0) is 33.1 Å². The van der Waals surface area contributed by atoms with Gasteiger partial charge in [-0.15, -0.1) is 0 Å². The minimum atomic E-state index is -2.30. The highest BCUT2D eigenvalue weighted by Crippen LogP contribution is 2.38. The van der Waals surface area contributed by atoms with E-state index in [0.29, 0.717) is 12.0 Å². The van der Waals surface area contributed by atoms with Crippen molar-refractivity contribution >= 4 is 23.9 Å². The molecule has 0 aromatic carbocycles. The third-order valence-electron chi connectivity index (χ3n) is 12.4. The van der Waals surface area contributed by atoms with Crippen molar-refractivity contribution in [2.24, 2.45) is 23.5 Å². The number of nitrogens with one attached hydrogen (secondary N) is 1. The van der Waals surface area contributed by atoms with E-state index in [4.69, 9.17) is 24.7 Å². The lowest BCUT2D eigenvalue weighted by atomic mass is 9.82. The van der Waals surface area contributed by atoms with E-state index < -0.39 is 147 Å². The fourth-order valence-corrected chi connectivity index (χ4v) is 8.42. The van der Waals surface area contributed by atoms with Crippen molar-refractivity contribution < 1.29 is 84.2 Å². The fourth-order valence-electron chi connectivity index (χ4n) is 8.21. The van der Waals surface area contributed by atoms with E-state index in [2.05, 4.69) is 5.32 Å². The highest BCUT2D eigenvalue weighted by Gasteiger charge is 2.51. The number of rotatable bonds is 5. The van der Waals surface area contributed by atoms with Crippen molar-refractivity contribution in [2.75, 3.05) is 5.88 Å². The van der Waals surface area contributed by atoms with Crippen LogP contribution in [0.3, 0.4) is 0 Å². The van der Waals surface area contributed by atoms with Crippen molar-refractivity contribution in [3.05, 3.63) is 85.1 Å². The third-order valence-corrected chi connectivity index (χ3v) is 12.6. The monoisotopic (exact) mass is 984 g/mol. The summed E-state index contributed by atoms with van der Waals surface area (Å²) in [6.07, 6.45) is 4.05. The summed E-state index contributed by atoms with van der Waals surface area (Å²) in [4.78, 5) is 26.1. The first-order chi connectivity index (χ1) is 32.2. The number of aliphatic hydroxyl groups is 10. The fraction of sp³-hybridized carbons (Fsp3) is 0.667. The van der Waals surface area contributed by atoms with Crippen LogP contribution in [0.25, 0.3) is 0 Å². The van der Waals surface area contributed by atoms with Crippen LogP contribution in [0, 0.1) is 17.8 Å². The molecule has 20 heteroatoms. The predicted octanol–water partition coefficient (Wildman–Crippen LogP) is 0.907. The van der Waals surface area contributed by atoms with E-state index in [1.54, 1.807) is 81.5 Å². The Bertz CT molecular complexity index is 1730. The molecule has 0 aromatic heterocycles. The van der Waals surface area contributed by atoms with Crippen LogP contribution in [-0.4, -0.2) is 171 Å². The Labute approximate surface area is 403 Å². The number of aliphatic hydroxyl groups excluding tert-OH is 9. The van der Waals surface area contributed by atoms with Gasteiger partial charge in [-0.25, -0.2) is 0 Å². The molecule has 2 saturated heterocycles. The van der Waals surface area contributed by atoms with Gasteiger partial charge in [0.05, 0.1) is 91.4 Å². The van der Waals surface area contributed by atoms with Gasteiger partial charge < -0.3 is 85.6 Å². The van der Waals surface area contributed by atoms with Crippen LogP contribution >= 0.6 is 12.0 Å². The second kappa shape index (κ2) is 29.9. The van der Waals surface area contributed by atoms with Crippen molar-refractivity contribution in [1.29, 1.82) is 0 Å². The number of ether oxygens (including phenoxy) is 4. The zero-order chi connectivity index (χ0) is 50.6. The van der Waals surface area contributed by atoms with Crippen molar-refractivity contribution in [3.63, 3.8) is 0 Å². The van der Waals surface area contributed by atoms with Gasteiger partial charge in [0.15, 0.2) is 12.1 Å². The quantitative estimate of drug-likeness (QED) is 0.103. The molecule has 0 unspecified atom stereocenters. The van der Waals surface area contributed by atoms with Crippen molar-refractivity contribution in [1.82, 2.24) is 5.32 Å². The molecule has 0 spiro atoms. The number of cyclic esters (lactones) is 1. The first-order valence-corrected chi connectivity index (χ1v) is 24.1. The molecule has 3 rings (SSSR count). The molecular formula is C48H76N2O17S. The van der Waals surface area contributed by atoms with Gasteiger partial charge in [0.1, 0.15) is 12.2 Å². The van der Waals surface area contributed by atoms with E-state index in [1.807, 2.05) is 31.2 Å². The van der Waals surface area contributed by atoms with Crippen LogP contribution in [0.15, 0.2) is 85.1 Å². The molecule has 0 aliphatic carbocycles. The number of fused-ring (bicyclic) bond motifs is 2. The van der Waals surface area contributed by atoms with Crippen molar-refractivity contribution in [2.45, 2.75) is 177 Å². The maximum atomic E-state index is 13.4. The number of carbonyl (C=O) groups is 2. The maximum Gasteiger partial charge on any atom is 0.308 e. The molecule has 68 heavy (non-hydrogen) atoms. The van der Waals surface area contributed by atoms with Crippen LogP contribution in [-0.2, 0) is 28.5 Å². The lowest BCUT2D eigenvalue weighted by molar-refractivity contribution is -0.307. The molecule has 386 valence electrons. The first kappa shape index (κ1) is 59.2. The highest BCUT2D eigenvalue weighted by molar-refractivity contribution is 7.93. The molecule has 19 atom stereocenters. The summed E-state index contributed by atoms with van der Waals surface area (Å²) in [6.45, 7) is 6.76. The number of hydrogen-bond acceptors (Lipinski definition) is 19. The van der Waals surface area contributed by atoms with E-state index in [1.165, 1.54) is 0 Å². The Balaban J connectivity index is 1.91. The van der Waals surface area contributed by atoms with Crippen LogP contribution in [0.2, 0.25) is 0 Å². The lowest BCUT2D eigenvalue weighted by Crippen LogP contribution is -2.62. The molecule has 2 fully saturated rings. The first-order valence-electron chi connectivity index (χ1n) is 23.2. The van der Waals surface area contributed by atoms with E-state index in [0.717, 1.165) is 0 Å². The van der Waals surface area contributed by atoms with Crippen LogP contribution in [0.5, 0.6) is 0 Å². The summed E-state index contributed by atoms with van der Waals surface area (Å²) < 4.78 is 32.8. The Morgan fingerprint density at radius 1 is 0.721 bits per heavy atom. The SMILES string of the molecule is C[C@@H]1[C@H](O)[C@@H](C)/C=C/C=C/C=C/C=C/C=C/C=C/C=C/[C@H](O[C@@H]2O[C@H](C)[C@@H](O)[C@H](N)[C@@H]2O)C[C@@H]2O[C@](O)(C[C@@H](O)C[C@@H](O)[C@H](O)CC[C@@H](O)C[C@@H](O)CC(=O)O[C@H]1C)C[C@H](O)[C@H]2C(=O)NCSO. The normalized spacial score (nSPS) is 44.0. The smallest absolute Gasteiger partial charge is 0.308 e. The number of hydrogen-bond donors (Lipinski definition) is 13. The molecule has 3 aliphatic rings. The molecule has 2 bridgehead atoms. The van der Waals surface area contributed by atoms with Crippen LogP contribution < -0.4 is 11.1 Å². The average Bonchev–Trinajstić information content (AvgIpc) is 3.26. The van der Waals surface area contributed by atoms with Gasteiger partial charge >= 0.3 is 5.97 Å². The van der Waals surface area contributed by atoms with E-state index in [-0.39, 0.29) is 37.5 Å². The minimum absolute atomic E-state index is 0.105. The number of esters is 1. The van der Waals surface area contributed by atoms with Gasteiger partial charge in [-0.3, -0.25) is 9.59 Å². The Morgan fingerprint density at radius 3 is 1.91 bits per heavy atom. The minimum Gasteiger partial charge on any atom is -0.462 e. The van der Waals surface area contributed by atoms with Gasteiger partial charge in [-0.2, -0.15) is 0 Å². The summed E-state index contributed by atoms with van der Waals surface area (Å²) in [5.74, 6) is -6.11. The predicted molar refractivity (Wildman–Crippen MR) is 253 cm³/mol. The summed E-state index contributed by atoms with van der Waals surface area (Å²) in [6, 6.07) is -1.15. The largest absolute Gasteiger partial charge is 0.462 e. The van der Waals surface area contributed by atoms with Crippen LogP contribution in [0.1, 0.15) is 79.1 Å². The second-order valence-corrected chi connectivity index (χ2v) is 18.6. The standard InChI is InChI=1S/C48H76N2O17S/c1-28-17-15-13-11-9-7-5-6-8-10-12-14-16-18-35(66-47-45(60)42(49)44(59)31(4)65-47)24-39-41(46(61)50-27-68-63)38(56)26-48(62,67-39)25-34(53)22-37(55)36(54)20-19-32(51)21-33(52)23-40(57)64-30(3)29(2)43(28)58/h5-18,28-39,41-45,47,51-56,58-60,62-63H,19-27,49H2,1-4H3,(H,50,61)/b6-5+,9-7+,10-8+,13-11+,14-12+,17-15+,18-16+/t28-,29-,30-,31+,32+,33+,34-,35-,36+,37+,38-,39-,41+,42-,43+,44+,45-,47-,48+/m0/s1. The molecule has 0 radical (unpaired) electrons. The third kappa shape index (κ3) is 19.9. The molecule has 1 amide bonds. The van der Waals surface area contributed by atoms with Gasteiger partial charge in [-0.1, -0.05) is 98.9 Å². The average molecular weight is 985 g/mol. The van der Waals surface area contributed by atoms with E-state index in [9.17, 15) is 65.2 Å². The molecule has 0 aromatic rings. The topological polar surface area (TPSA) is 332 Å². The zero-order valence-electron chi connectivity index (χ0n) is 39.2. The number of amides is 1. The number of nitrogens with two attached hydrogens (primary N) is 1. The molecule has 3 heterocycles. The molecule has 19 nitrogen and oxygen atoms in total. The lowest BCUT2D eigenvalue weighted by Gasteiger charge is -2.46. The molecule has 0 saturated carbocycles. The van der Waals surface area contributed by atoms with E-state index >= 15 is 0 Å². The zero-order valence-corrected chi connectivity index (χ0v) is 40.0. The Morgan fingerprint density at radius 2 is 1.31 bits per heavy atom. The molecular weight excluding hydrogens is 909 g/mol. The maximum absolute atomic E-state index is 13.4. The highest BCUT2D eigenvalue weighted by atomic mass is 32.2. The van der Waals surface area contributed by atoms with Crippen LogP contribution in [0.4, 0.5) is 0 Å². The van der Waals surface area contributed by atoms with Gasteiger partial charge in [0.2, 0.25) is 5.91 Å². The van der Waals surface area contributed by atoms with Gasteiger partial charge in [0, 0.05) is 49.6 Å². The van der Waals surface area contributed by atoms with Crippen molar-refractivity contribution in [3.8, 4) is 0 Å². The second-order valence-electron chi connectivity index (χ2n) is 18.0. The summed E-state index contributed by atoms with van der Waals surface area (Å²) >= 11 is 0.323. The Kier molecular flexibility index (Phi) is 26.0. The molecule has 3 aliphatic heterocycles.